The van der Waals surface area contributed by atoms with E-state index in [-0.39, 0.29) is 18.0 Å². The van der Waals surface area contributed by atoms with E-state index in [1.165, 1.54) is 17.8 Å². The van der Waals surface area contributed by atoms with Crippen LogP contribution in [0.25, 0.3) is 0 Å². The Hall–Kier alpha value is -2.68. The number of anilines is 3. The molecule has 0 bridgehead atoms. The first-order valence-corrected chi connectivity index (χ1v) is 11.0. The van der Waals surface area contributed by atoms with Crippen LogP contribution in [0.2, 0.25) is 0 Å². The fourth-order valence-electron chi connectivity index (χ4n) is 3.82. The molecule has 0 unspecified atom stereocenters. The first-order chi connectivity index (χ1) is 14.8. The number of halogens is 3. The molecule has 1 saturated heterocycles. The number of amides is 2. The first kappa shape index (κ1) is 21.5. The van der Waals surface area contributed by atoms with Crippen molar-refractivity contribution in [2.75, 3.05) is 28.6 Å². The van der Waals surface area contributed by atoms with Crippen LogP contribution in [0.3, 0.4) is 0 Å². The molecule has 2 aliphatic heterocycles. The summed E-state index contributed by atoms with van der Waals surface area (Å²) in [5.41, 5.74) is 0.581. The van der Waals surface area contributed by atoms with Crippen LogP contribution in [0, 0.1) is 0 Å². The fourth-order valence-corrected chi connectivity index (χ4v) is 4.93. The van der Waals surface area contributed by atoms with Crippen LogP contribution in [0.4, 0.5) is 30.2 Å². The van der Waals surface area contributed by atoms with Crippen molar-refractivity contribution in [2.45, 2.75) is 42.0 Å². The van der Waals surface area contributed by atoms with Crippen molar-refractivity contribution in [1.29, 1.82) is 0 Å². The number of para-hydroxylation sites is 1. The van der Waals surface area contributed by atoms with Crippen LogP contribution in [0.15, 0.2) is 47.4 Å². The van der Waals surface area contributed by atoms with Crippen molar-refractivity contribution in [3.8, 4) is 0 Å². The lowest BCUT2D eigenvalue weighted by Gasteiger charge is -2.31. The normalized spacial score (nSPS) is 18.9. The van der Waals surface area contributed by atoms with Gasteiger partial charge in [0.25, 0.3) is 0 Å². The number of hydrogen-bond donors (Lipinski definition) is 2. The average molecular weight is 449 g/mol. The third-order valence-electron chi connectivity index (χ3n) is 5.37. The molecule has 0 aromatic heterocycles. The third-order valence-corrected chi connectivity index (χ3v) is 6.65. The summed E-state index contributed by atoms with van der Waals surface area (Å²) in [6.07, 6.45) is -1.67. The predicted octanol–water partition coefficient (Wildman–Crippen LogP) is 5.14. The van der Waals surface area contributed by atoms with Gasteiger partial charge in [0.15, 0.2) is 0 Å². The monoisotopic (exact) mass is 449 g/mol. The molecular formula is C22H22F3N3O2S. The van der Waals surface area contributed by atoms with E-state index in [4.69, 9.17) is 0 Å². The zero-order valence-corrected chi connectivity index (χ0v) is 17.5. The van der Waals surface area contributed by atoms with Gasteiger partial charge in [0, 0.05) is 24.4 Å². The lowest BCUT2D eigenvalue weighted by atomic mass is 10.1. The van der Waals surface area contributed by atoms with Crippen molar-refractivity contribution in [2.24, 2.45) is 0 Å². The zero-order chi connectivity index (χ0) is 22.0. The minimum atomic E-state index is -4.51. The molecule has 2 aromatic rings. The summed E-state index contributed by atoms with van der Waals surface area (Å²) in [7, 11) is 0. The summed E-state index contributed by atoms with van der Waals surface area (Å²) in [5, 5.41) is 4.76. The molecule has 0 radical (unpaired) electrons. The number of nitrogens with one attached hydrogen (secondary N) is 2. The van der Waals surface area contributed by atoms with Crippen LogP contribution >= 0.6 is 11.8 Å². The number of rotatable bonds is 4. The standard InChI is InChI=1S/C22H22F3N3O2S/c23-22(24,25)14-8-9-17(28-10-4-1-5-11-28)16(12-14)26-20(29)13-19-21(30)27-15-6-2-3-7-18(15)31-19/h2-3,6-9,12,19H,1,4-5,10-11,13H2,(H,26,29)(H,27,30)/t19-/m1/s1. The van der Waals surface area contributed by atoms with Gasteiger partial charge < -0.3 is 15.5 Å². The first-order valence-electron chi connectivity index (χ1n) is 10.1. The average Bonchev–Trinajstić information content (AvgIpc) is 2.74. The third kappa shape index (κ3) is 4.98. The SMILES string of the molecule is O=C(C[C@H]1Sc2ccccc2NC1=O)Nc1cc(C(F)(F)F)ccc1N1CCCCC1. The molecule has 4 rings (SSSR count). The van der Waals surface area contributed by atoms with Gasteiger partial charge in [-0.25, -0.2) is 0 Å². The van der Waals surface area contributed by atoms with E-state index in [0.29, 0.717) is 11.4 Å². The maximum Gasteiger partial charge on any atom is 0.416 e. The number of alkyl halides is 3. The molecule has 2 N–H and O–H groups in total. The zero-order valence-electron chi connectivity index (χ0n) is 16.7. The Morgan fingerprint density at radius 1 is 1.13 bits per heavy atom. The second kappa shape index (κ2) is 8.82. The van der Waals surface area contributed by atoms with Crippen LogP contribution in [-0.2, 0) is 15.8 Å². The summed E-state index contributed by atoms with van der Waals surface area (Å²) in [6.45, 7) is 1.46. The Morgan fingerprint density at radius 2 is 1.87 bits per heavy atom. The van der Waals surface area contributed by atoms with Crippen molar-refractivity contribution in [3.05, 3.63) is 48.0 Å². The highest BCUT2D eigenvalue weighted by atomic mass is 32.2. The number of carbonyl (C=O) groups is 2. The molecule has 164 valence electrons. The van der Waals surface area contributed by atoms with E-state index in [9.17, 15) is 22.8 Å². The maximum atomic E-state index is 13.3. The molecule has 0 aliphatic carbocycles. The van der Waals surface area contributed by atoms with Crippen LogP contribution in [0.5, 0.6) is 0 Å². The van der Waals surface area contributed by atoms with Crippen LogP contribution in [-0.4, -0.2) is 30.2 Å². The largest absolute Gasteiger partial charge is 0.416 e. The minimum Gasteiger partial charge on any atom is -0.370 e. The van der Waals surface area contributed by atoms with Gasteiger partial charge in [0.2, 0.25) is 11.8 Å². The van der Waals surface area contributed by atoms with Gasteiger partial charge in [-0.3, -0.25) is 9.59 Å². The molecule has 2 aliphatic rings. The Balaban J connectivity index is 1.53. The summed E-state index contributed by atoms with van der Waals surface area (Å²) in [6, 6.07) is 10.7. The maximum absolute atomic E-state index is 13.3. The summed E-state index contributed by atoms with van der Waals surface area (Å²) in [5.74, 6) is -0.788. The smallest absolute Gasteiger partial charge is 0.370 e. The van der Waals surface area contributed by atoms with Gasteiger partial charge in [0.1, 0.15) is 0 Å². The summed E-state index contributed by atoms with van der Waals surface area (Å²) >= 11 is 1.28. The van der Waals surface area contributed by atoms with Crippen molar-refractivity contribution in [1.82, 2.24) is 0 Å². The van der Waals surface area contributed by atoms with Gasteiger partial charge in [-0.1, -0.05) is 12.1 Å². The quantitative estimate of drug-likeness (QED) is 0.679. The van der Waals surface area contributed by atoms with Crippen molar-refractivity contribution < 1.29 is 22.8 Å². The van der Waals surface area contributed by atoms with Gasteiger partial charge in [-0.2, -0.15) is 13.2 Å². The van der Waals surface area contributed by atoms with E-state index < -0.39 is 22.9 Å². The molecule has 1 atom stereocenters. The summed E-state index contributed by atoms with van der Waals surface area (Å²) in [4.78, 5) is 28.0. The lowest BCUT2D eigenvalue weighted by molar-refractivity contribution is -0.137. The minimum absolute atomic E-state index is 0.128. The number of thioether (sulfide) groups is 1. The molecule has 2 heterocycles. The van der Waals surface area contributed by atoms with Crippen LogP contribution in [0.1, 0.15) is 31.2 Å². The molecule has 0 spiro atoms. The molecule has 9 heteroatoms. The van der Waals surface area contributed by atoms with E-state index in [1.54, 1.807) is 6.07 Å². The van der Waals surface area contributed by atoms with Crippen molar-refractivity contribution in [3.63, 3.8) is 0 Å². The Labute approximate surface area is 182 Å². The number of nitrogens with zero attached hydrogens (tertiary/aromatic N) is 1. The highest BCUT2D eigenvalue weighted by Crippen LogP contribution is 2.38. The second-order valence-electron chi connectivity index (χ2n) is 7.62. The Bertz CT molecular complexity index is 990. The number of benzene rings is 2. The second-order valence-corrected chi connectivity index (χ2v) is 8.87. The number of carbonyl (C=O) groups excluding carboxylic acids is 2. The molecule has 0 saturated carbocycles. The predicted molar refractivity (Wildman–Crippen MR) is 115 cm³/mol. The molecule has 2 aromatic carbocycles. The molecule has 1 fully saturated rings. The molecule has 2 amide bonds. The molecule has 5 nitrogen and oxygen atoms in total. The van der Waals surface area contributed by atoms with Gasteiger partial charge in [-0.05, 0) is 49.6 Å². The highest BCUT2D eigenvalue weighted by molar-refractivity contribution is 8.01. The van der Waals surface area contributed by atoms with E-state index >= 15 is 0 Å². The van der Waals surface area contributed by atoms with Crippen molar-refractivity contribution >= 4 is 40.6 Å². The van der Waals surface area contributed by atoms with E-state index in [0.717, 1.165) is 49.4 Å². The van der Waals surface area contributed by atoms with Crippen LogP contribution < -0.4 is 15.5 Å². The Morgan fingerprint density at radius 3 is 2.61 bits per heavy atom. The van der Waals surface area contributed by atoms with E-state index in [1.807, 2.05) is 23.1 Å². The Kier molecular flexibility index (Phi) is 6.13. The number of fused-ring (bicyclic) bond motifs is 1. The number of hydrogen-bond acceptors (Lipinski definition) is 4. The van der Waals surface area contributed by atoms with E-state index in [2.05, 4.69) is 10.6 Å². The van der Waals surface area contributed by atoms with Gasteiger partial charge in [0.05, 0.1) is 27.9 Å². The van der Waals surface area contributed by atoms with Gasteiger partial charge >= 0.3 is 6.18 Å². The molecule has 31 heavy (non-hydrogen) atoms. The fraction of sp³-hybridized carbons (Fsp3) is 0.364. The highest BCUT2D eigenvalue weighted by Gasteiger charge is 2.33. The van der Waals surface area contributed by atoms with Gasteiger partial charge in [-0.15, -0.1) is 11.8 Å². The topological polar surface area (TPSA) is 61.4 Å². The number of piperidine rings is 1. The lowest BCUT2D eigenvalue weighted by Crippen LogP contribution is -2.33. The molecular weight excluding hydrogens is 427 g/mol. The summed E-state index contributed by atoms with van der Waals surface area (Å²) < 4.78 is 39.8.